The lowest BCUT2D eigenvalue weighted by molar-refractivity contribution is 0.475. The lowest BCUT2D eigenvalue weighted by Crippen LogP contribution is -2.36. The molecule has 0 aromatic heterocycles. The monoisotopic (exact) mass is 415 g/mol. The van der Waals surface area contributed by atoms with Gasteiger partial charge in [0, 0.05) is 5.30 Å². The summed E-state index contributed by atoms with van der Waals surface area (Å²) < 4.78 is 47.9. The van der Waals surface area contributed by atoms with Gasteiger partial charge < -0.3 is 4.52 Å². The molecule has 2 unspecified atom stereocenters. The first-order valence-corrected chi connectivity index (χ1v) is 12.0. The molecule has 146 valence electrons. The molecule has 28 heavy (non-hydrogen) atoms. The van der Waals surface area contributed by atoms with Gasteiger partial charge in [-0.25, -0.2) is 8.42 Å². The Morgan fingerprint density at radius 1 is 0.857 bits per heavy atom. The molecule has 7 heteroatoms. The summed E-state index contributed by atoms with van der Waals surface area (Å²) in [6, 6.07) is 23.9. The van der Waals surface area contributed by atoms with E-state index >= 15 is 0 Å². The quantitative estimate of drug-likeness (QED) is 0.584. The number of rotatable bonds is 7. The van der Waals surface area contributed by atoms with Crippen LogP contribution in [0.4, 0.5) is 0 Å². The van der Waals surface area contributed by atoms with Crippen molar-refractivity contribution < 1.29 is 17.5 Å². The number of aryl methyl sites for hydroxylation is 1. The second-order valence-electron chi connectivity index (χ2n) is 6.45. The molecular formula is C21H22NO4PS. The van der Waals surface area contributed by atoms with Crippen LogP contribution in [0.3, 0.4) is 0 Å². The fraction of sp³-hybridized carbons (Fsp3) is 0.143. The molecule has 3 aromatic carbocycles. The largest absolute Gasteiger partial charge is 0.439 e. The maximum Gasteiger partial charge on any atom is 0.294 e. The fourth-order valence-electron chi connectivity index (χ4n) is 2.71. The summed E-state index contributed by atoms with van der Waals surface area (Å²) >= 11 is 0. The molecule has 0 heterocycles. The molecule has 3 aromatic rings. The van der Waals surface area contributed by atoms with Gasteiger partial charge in [-0.15, -0.1) is 0 Å². The number of hydrogen-bond donors (Lipinski definition) is 1. The van der Waals surface area contributed by atoms with Crippen molar-refractivity contribution in [2.75, 3.05) is 0 Å². The van der Waals surface area contributed by atoms with E-state index < -0.39 is 23.2 Å². The highest BCUT2D eigenvalue weighted by molar-refractivity contribution is 7.90. The molecule has 5 nitrogen and oxygen atoms in total. The van der Waals surface area contributed by atoms with Crippen molar-refractivity contribution in [1.82, 2.24) is 4.72 Å². The summed E-state index contributed by atoms with van der Waals surface area (Å²) in [5.74, 6) is -0.558. The van der Waals surface area contributed by atoms with E-state index in [1.54, 1.807) is 73.7 Å². The Labute approximate surface area is 165 Å². The normalized spacial score (nSPS) is 14.8. The maximum absolute atomic E-state index is 13.9. The highest BCUT2D eigenvalue weighted by atomic mass is 32.2. The topological polar surface area (TPSA) is 72.5 Å². The molecule has 0 aliphatic carbocycles. The lowest BCUT2D eigenvalue weighted by Gasteiger charge is -2.26. The second kappa shape index (κ2) is 8.31. The first-order valence-electron chi connectivity index (χ1n) is 8.80. The van der Waals surface area contributed by atoms with E-state index in [-0.39, 0.29) is 4.90 Å². The lowest BCUT2D eigenvalue weighted by atomic mass is 10.2. The number of nitrogens with one attached hydrogen (secondary N) is 1. The third-order valence-corrected chi connectivity index (χ3v) is 8.65. The Morgan fingerprint density at radius 3 is 1.96 bits per heavy atom. The van der Waals surface area contributed by atoms with Gasteiger partial charge in [0.25, 0.3) is 7.37 Å². The van der Waals surface area contributed by atoms with Crippen LogP contribution in [0, 0.1) is 6.92 Å². The summed E-state index contributed by atoms with van der Waals surface area (Å²) in [4.78, 5) is 0.115. The number of sulfonamides is 1. The molecule has 0 bridgehead atoms. The standard InChI is InChI=1S/C21H22NO4PS/c1-17-13-15-21(16-14-17)28(24,25)22-18(2)27(23,20-11-7-4-8-12-20)26-19-9-5-3-6-10-19/h3-16,18,22H,1-2H3. The SMILES string of the molecule is Cc1ccc(S(=O)(=O)NC(C)P(=O)(Oc2ccccc2)c2ccccc2)cc1. The third kappa shape index (κ3) is 4.53. The second-order valence-corrected chi connectivity index (χ2v) is 10.8. The van der Waals surface area contributed by atoms with Gasteiger partial charge in [0.15, 0.2) is 0 Å². The van der Waals surface area contributed by atoms with Crippen LogP contribution in [0.2, 0.25) is 0 Å². The molecule has 0 fully saturated rings. The van der Waals surface area contributed by atoms with Crippen molar-refractivity contribution in [2.24, 2.45) is 0 Å². The zero-order valence-corrected chi connectivity index (χ0v) is 17.4. The highest BCUT2D eigenvalue weighted by Crippen LogP contribution is 2.50. The molecule has 0 spiro atoms. The van der Waals surface area contributed by atoms with Crippen LogP contribution < -0.4 is 14.6 Å². The van der Waals surface area contributed by atoms with E-state index in [2.05, 4.69) is 4.72 Å². The van der Waals surface area contributed by atoms with Crippen LogP contribution in [0.5, 0.6) is 5.75 Å². The minimum Gasteiger partial charge on any atom is -0.439 e. The summed E-state index contributed by atoms with van der Waals surface area (Å²) in [6.07, 6.45) is 0. The Morgan fingerprint density at radius 2 is 1.39 bits per heavy atom. The first-order chi connectivity index (χ1) is 13.3. The number of benzene rings is 3. The zero-order valence-electron chi connectivity index (χ0n) is 15.6. The van der Waals surface area contributed by atoms with Crippen molar-refractivity contribution in [2.45, 2.75) is 24.5 Å². The van der Waals surface area contributed by atoms with Crippen molar-refractivity contribution >= 4 is 22.7 Å². The van der Waals surface area contributed by atoms with E-state index in [0.717, 1.165) is 5.56 Å². The third-order valence-electron chi connectivity index (χ3n) is 4.27. The Hall–Kier alpha value is -2.40. The van der Waals surface area contributed by atoms with Crippen molar-refractivity contribution in [3.05, 3.63) is 90.5 Å². The molecule has 0 aliphatic rings. The predicted octanol–water partition coefficient (Wildman–Crippen LogP) is 4.30. The smallest absolute Gasteiger partial charge is 0.294 e. The van der Waals surface area contributed by atoms with Crippen molar-refractivity contribution in [1.29, 1.82) is 0 Å². The Bertz CT molecular complexity index is 1070. The van der Waals surface area contributed by atoms with Crippen LogP contribution in [-0.4, -0.2) is 14.2 Å². The Kier molecular flexibility index (Phi) is 6.04. The van der Waals surface area contributed by atoms with Crippen molar-refractivity contribution in [3.63, 3.8) is 0 Å². The average molecular weight is 415 g/mol. The van der Waals surface area contributed by atoms with E-state index in [9.17, 15) is 13.0 Å². The molecule has 0 aliphatic heterocycles. The Balaban J connectivity index is 1.96. The van der Waals surface area contributed by atoms with Crippen LogP contribution in [0.1, 0.15) is 12.5 Å². The molecule has 0 amide bonds. The van der Waals surface area contributed by atoms with Gasteiger partial charge in [-0.1, -0.05) is 54.1 Å². The minimum atomic E-state index is -3.86. The zero-order chi connectivity index (χ0) is 20.2. The molecule has 1 N–H and O–H groups in total. The summed E-state index contributed by atoms with van der Waals surface area (Å²) in [7, 11) is -7.46. The fourth-order valence-corrected chi connectivity index (χ4v) is 6.49. The minimum absolute atomic E-state index is 0.115. The molecule has 3 rings (SSSR count). The van der Waals surface area contributed by atoms with Gasteiger partial charge in [-0.3, -0.25) is 4.57 Å². The van der Waals surface area contributed by atoms with E-state index in [1.807, 2.05) is 13.0 Å². The van der Waals surface area contributed by atoms with Gasteiger partial charge in [-0.05, 0) is 50.2 Å². The molecular weight excluding hydrogens is 393 g/mol. The van der Waals surface area contributed by atoms with Gasteiger partial charge in [-0.2, -0.15) is 4.72 Å². The molecule has 2 atom stereocenters. The van der Waals surface area contributed by atoms with Gasteiger partial charge in [0.2, 0.25) is 10.0 Å². The van der Waals surface area contributed by atoms with Crippen molar-refractivity contribution in [3.8, 4) is 5.75 Å². The van der Waals surface area contributed by atoms with E-state index in [4.69, 9.17) is 4.52 Å². The summed E-state index contributed by atoms with van der Waals surface area (Å²) in [5.41, 5.74) is 0.953. The van der Waals surface area contributed by atoms with Gasteiger partial charge >= 0.3 is 0 Å². The van der Waals surface area contributed by atoms with Gasteiger partial charge in [0.1, 0.15) is 11.5 Å². The van der Waals surface area contributed by atoms with Crippen LogP contribution >= 0.6 is 7.37 Å². The predicted molar refractivity (Wildman–Crippen MR) is 112 cm³/mol. The first kappa shape index (κ1) is 20.3. The van der Waals surface area contributed by atoms with Gasteiger partial charge in [0.05, 0.1) is 4.90 Å². The van der Waals surface area contributed by atoms with Crippen LogP contribution in [0.25, 0.3) is 0 Å². The molecule has 0 radical (unpaired) electrons. The van der Waals surface area contributed by atoms with E-state index in [1.165, 1.54) is 12.1 Å². The number of hydrogen-bond acceptors (Lipinski definition) is 4. The molecule has 0 saturated heterocycles. The summed E-state index contributed by atoms with van der Waals surface area (Å²) in [6.45, 7) is 3.44. The van der Waals surface area contributed by atoms with Crippen LogP contribution in [-0.2, 0) is 14.6 Å². The average Bonchev–Trinajstić information content (AvgIpc) is 2.69. The van der Waals surface area contributed by atoms with Crippen LogP contribution in [0.15, 0.2) is 89.8 Å². The molecule has 0 saturated carbocycles. The maximum atomic E-state index is 13.9. The highest BCUT2D eigenvalue weighted by Gasteiger charge is 2.37. The van der Waals surface area contributed by atoms with E-state index in [0.29, 0.717) is 11.1 Å². The summed E-state index contributed by atoms with van der Waals surface area (Å²) in [5, 5.41) is 0.443. The number of para-hydroxylation sites is 1.